The number of carbonyl (C=O) groups is 1. The fraction of sp³-hybridized carbons (Fsp3) is 0.211. The molecule has 1 aromatic heterocycles. The standard InChI is InChI=1S/C19H18N2O3/c1-3-21-18(22)16-10-5-4-9-15(16)17(20-21)19(23)24-12-14-8-6-7-13(2)11-14/h4-11H,3,12H2,1-2H3. The number of fused-ring (bicyclic) bond motifs is 1. The zero-order valence-electron chi connectivity index (χ0n) is 13.7. The zero-order chi connectivity index (χ0) is 17.1. The van der Waals surface area contributed by atoms with Crippen molar-refractivity contribution >= 4 is 16.7 Å². The second kappa shape index (κ2) is 6.66. The Balaban J connectivity index is 1.95. The first-order valence-corrected chi connectivity index (χ1v) is 7.82. The number of carbonyl (C=O) groups excluding carboxylic acids is 1. The molecule has 0 N–H and O–H groups in total. The summed E-state index contributed by atoms with van der Waals surface area (Å²) in [6.45, 7) is 4.35. The average molecular weight is 322 g/mol. The van der Waals surface area contributed by atoms with E-state index in [1.807, 2.05) is 38.1 Å². The Bertz CT molecular complexity index is 960. The maximum atomic E-state index is 12.5. The molecule has 0 spiro atoms. The summed E-state index contributed by atoms with van der Waals surface area (Å²) in [5.41, 5.74) is 1.98. The molecule has 0 aliphatic heterocycles. The Morgan fingerprint density at radius 1 is 1.12 bits per heavy atom. The van der Waals surface area contributed by atoms with Crippen LogP contribution in [-0.4, -0.2) is 15.7 Å². The van der Waals surface area contributed by atoms with Gasteiger partial charge in [-0.1, -0.05) is 48.0 Å². The molecule has 0 aliphatic carbocycles. The normalized spacial score (nSPS) is 10.8. The van der Waals surface area contributed by atoms with E-state index in [-0.39, 0.29) is 17.9 Å². The average Bonchev–Trinajstić information content (AvgIpc) is 2.60. The van der Waals surface area contributed by atoms with Gasteiger partial charge in [-0.2, -0.15) is 5.10 Å². The van der Waals surface area contributed by atoms with Gasteiger partial charge in [-0.25, -0.2) is 9.48 Å². The van der Waals surface area contributed by atoms with Crippen molar-refractivity contribution in [2.45, 2.75) is 27.0 Å². The van der Waals surface area contributed by atoms with Crippen molar-refractivity contribution in [2.24, 2.45) is 0 Å². The molecule has 122 valence electrons. The molecule has 1 heterocycles. The van der Waals surface area contributed by atoms with Crippen LogP contribution in [0.25, 0.3) is 10.8 Å². The van der Waals surface area contributed by atoms with Gasteiger partial charge in [0.15, 0.2) is 5.69 Å². The number of hydrogen-bond donors (Lipinski definition) is 0. The lowest BCUT2D eigenvalue weighted by molar-refractivity contribution is 0.0465. The minimum absolute atomic E-state index is 0.166. The lowest BCUT2D eigenvalue weighted by atomic mass is 10.1. The van der Waals surface area contributed by atoms with Crippen molar-refractivity contribution in [2.75, 3.05) is 0 Å². The summed E-state index contributed by atoms with van der Waals surface area (Å²) in [5.74, 6) is -0.532. The number of hydrogen-bond acceptors (Lipinski definition) is 4. The van der Waals surface area contributed by atoms with E-state index in [4.69, 9.17) is 4.74 Å². The van der Waals surface area contributed by atoms with Gasteiger partial charge < -0.3 is 4.74 Å². The highest BCUT2D eigenvalue weighted by molar-refractivity contribution is 6.02. The van der Waals surface area contributed by atoms with Gasteiger partial charge in [-0.05, 0) is 25.5 Å². The number of ether oxygens (including phenoxy) is 1. The minimum atomic E-state index is -0.532. The second-order valence-corrected chi connectivity index (χ2v) is 5.58. The summed E-state index contributed by atoms with van der Waals surface area (Å²) in [6, 6.07) is 14.7. The van der Waals surface area contributed by atoms with Crippen LogP contribution in [0.1, 0.15) is 28.5 Å². The highest BCUT2D eigenvalue weighted by Crippen LogP contribution is 2.15. The summed E-state index contributed by atoms with van der Waals surface area (Å²) in [4.78, 5) is 24.8. The smallest absolute Gasteiger partial charge is 0.359 e. The molecule has 0 saturated heterocycles. The third kappa shape index (κ3) is 3.06. The van der Waals surface area contributed by atoms with Crippen LogP contribution in [-0.2, 0) is 17.9 Å². The largest absolute Gasteiger partial charge is 0.456 e. The molecule has 5 heteroatoms. The summed E-state index contributed by atoms with van der Waals surface area (Å²) < 4.78 is 6.68. The highest BCUT2D eigenvalue weighted by Gasteiger charge is 2.17. The molecule has 5 nitrogen and oxygen atoms in total. The van der Waals surface area contributed by atoms with Crippen molar-refractivity contribution in [3.05, 3.63) is 75.7 Å². The number of aromatic nitrogens is 2. The van der Waals surface area contributed by atoms with Gasteiger partial charge in [0.05, 0.1) is 5.39 Å². The first-order chi connectivity index (χ1) is 11.6. The lowest BCUT2D eigenvalue weighted by Crippen LogP contribution is -2.25. The van der Waals surface area contributed by atoms with Gasteiger partial charge in [0, 0.05) is 11.9 Å². The zero-order valence-corrected chi connectivity index (χ0v) is 13.7. The Hall–Kier alpha value is -2.95. The quantitative estimate of drug-likeness (QED) is 0.693. The van der Waals surface area contributed by atoms with Gasteiger partial charge >= 0.3 is 5.97 Å². The Labute approximate surface area is 139 Å². The Kier molecular flexibility index (Phi) is 4.42. The highest BCUT2D eigenvalue weighted by atomic mass is 16.5. The molecule has 0 amide bonds. The predicted octanol–water partition coefficient (Wildman–Crippen LogP) is 3.08. The molecule has 3 aromatic rings. The summed E-state index contributed by atoms with van der Waals surface area (Å²) in [7, 11) is 0. The predicted molar refractivity (Wildman–Crippen MR) is 92.0 cm³/mol. The molecule has 3 rings (SSSR count). The third-order valence-corrected chi connectivity index (χ3v) is 3.81. The van der Waals surface area contributed by atoms with Crippen molar-refractivity contribution in [1.29, 1.82) is 0 Å². The van der Waals surface area contributed by atoms with Crippen LogP contribution in [0.3, 0.4) is 0 Å². The maximum Gasteiger partial charge on any atom is 0.359 e. The molecule has 0 bridgehead atoms. The van der Waals surface area contributed by atoms with Gasteiger partial charge in [-0.3, -0.25) is 4.79 Å². The van der Waals surface area contributed by atoms with E-state index in [2.05, 4.69) is 5.10 Å². The van der Waals surface area contributed by atoms with Crippen LogP contribution in [0.2, 0.25) is 0 Å². The number of rotatable bonds is 4. The lowest BCUT2D eigenvalue weighted by Gasteiger charge is -2.10. The van der Waals surface area contributed by atoms with E-state index in [1.165, 1.54) is 4.68 Å². The summed E-state index contributed by atoms with van der Waals surface area (Å²) in [6.07, 6.45) is 0. The summed E-state index contributed by atoms with van der Waals surface area (Å²) >= 11 is 0. The third-order valence-electron chi connectivity index (χ3n) is 3.81. The van der Waals surface area contributed by atoms with Gasteiger partial charge in [0.25, 0.3) is 5.56 Å². The molecule has 2 aromatic carbocycles. The van der Waals surface area contributed by atoms with Crippen LogP contribution < -0.4 is 5.56 Å². The Morgan fingerprint density at radius 3 is 2.58 bits per heavy atom. The van der Waals surface area contributed by atoms with Crippen molar-refractivity contribution < 1.29 is 9.53 Å². The monoisotopic (exact) mass is 322 g/mol. The van der Waals surface area contributed by atoms with Gasteiger partial charge in [-0.15, -0.1) is 0 Å². The number of esters is 1. The van der Waals surface area contributed by atoms with Crippen molar-refractivity contribution in [1.82, 2.24) is 9.78 Å². The van der Waals surface area contributed by atoms with E-state index < -0.39 is 5.97 Å². The van der Waals surface area contributed by atoms with Gasteiger partial charge in [0.2, 0.25) is 0 Å². The molecule has 0 atom stereocenters. The molecular weight excluding hydrogens is 304 g/mol. The van der Waals surface area contributed by atoms with E-state index in [0.717, 1.165) is 11.1 Å². The van der Waals surface area contributed by atoms with Crippen LogP contribution in [0.5, 0.6) is 0 Å². The van der Waals surface area contributed by atoms with Crippen LogP contribution in [0.15, 0.2) is 53.3 Å². The minimum Gasteiger partial charge on any atom is -0.456 e. The number of benzene rings is 2. The fourth-order valence-corrected chi connectivity index (χ4v) is 2.62. The molecule has 0 radical (unpaired) electrons. The Morgan fingerprint density at radius 2 is 1.88 bits per heavy atom. The van der Waals surface area contributed by atoms with E-state index >= 15 is 0 Å². The first-order valence-electron chi connectivity index (χ1n) is 7.82. The van der Waals surface area contributed by atoms with Crippen molar-refractivity contribution in [3.63, 3.8) is 0 Å². The van der Waals surface area contributed by atoms with Crippen LogP contribution in [0.4, 0.5) is 0 Å². The van der Waals surface area contributed by atoms with E-state index in [9.17, 15) is 9.59 Å². The SMILES string of the molecule is CCn1nc(C(=O)OCc2cccc(C)c2)c2ccccc2c1=O. The van der Waals surface area contributed by atoms with Crippen LogP contribution in [0, 0.1) is 6.92 Å². The second-order valence-electron chi connectivity index (χ2n) is 5.58. The maximum absolute atomic E-state index is 12.5. The molecule has 24 heavy (non-hydrogen) atoms. The van der Waals surface area contributed by atoms with Crippen molar-refractivity contribution in [3.8, 4) is 0 Å². The first kappa shape index (κ1) is 15.9. The molecular formula is C19H18N2O3. The number of nitrogens with zero attached hydrogens (tertiary/aromatic N) is 2. The molecule has 0 fully saturated rings. The van der Waals surface area contributed by atoms with E-state index in [0.29, 0.717) is 17.3 Å². The summed E-state index contributed by atoms with van der Waals surface area (Å²) in [5, 5.41) is 5.16. The van der Waals surface area contributed by atoms with E-state index in [1.54, 1.807) is 24.3 Å². The molecule has 0 saturated carbocycles. The number of aryl methyl sites for hydroxylation is 2. The molecule has 0 unspecified atom stereocenters. The fourth-order valence-electron chi connectivity index (χ4n) is 2.62. The molecule has 0 aliphatic rings. The van der Waals surface area contributed by atoms with Crippen LogP contribution >= 0.6 is 0 Å². The topological polar surface area (TPSA) is 61.2 Å². The van der Waals surface area contributed by atoms with Gasteiger partial charge in [0.1, 0.15) is 6.61 Å².